The summed E-state index contributed by atoms with van der Waals surface area (Å²) in [6.07, 6.45) is 2.39. The van der Waals surface area contributed by atoms with Crippen molar-refractivity contribution < 1.29 is 9.53 Å². The van der Waals surface area contributed by atoms with E-state index >= 15 is 0 Å². The molecule has 1 fully saturated rings. The number of amides is 1. The molecular weight excluding hydrogens is 404 g/mol. The number of hydrogen-bond acceptors (Lipinski definition) is 3. The van der Waals surface area contributed by atoms with Crippen molar-refractivity contribution in [2.45, 2.75) is 24.7 Å². The summed E-state index contributed by atoms with van der Waals surface area (Å²) in [7, 11) is 4.15. The van der Waals surface area contributed by atoms with Gasteiger partial charge in [-0.05, 0) is 68.8 Å². The van der Waals surface area contributed by atoms with Gasteiger partial charge < -0.3 is 15.0 Å². The van der Waals surface area contributed by atoms with E-state index in [4.69, 9.17) is 4.74 Å². The van der Waals surface area contributed by atoms with Gasteiger partial charge in [-0.3, -0.25) is 4.79 Å². The molecule has 0 radical (unpaired) electrons. The van der Waals surface area contributed by atoms with Crippen LogP contribution in [0.15, 0.2) is 53.0 Å². The number of halogens is 1. The molecule has 0 bridgehead atoms. The van der Waals surface area contributed by atoms with Gasteiger partial charge in [-0.25, -0.2) is 0 Å². The Bertz CT molecular complexity index is 751. The summed E-state index contributed by atoms with van der Waals surface area (Å²) >= 11 is 3.48. The zero-order valence-electron chi connectivity index (χ0n) is 16.0. The molecule has 1 aliphatic heterocycles. The van der Waals surface area contributed by atoms with Crippen LogP contribution in [0.2, 0.25) is 0 Å². The molecule has 5 heteroatoms. The third-order valence-electron chi connectivity index (χ3n) is 5.24. The lowest BCUT2D eigenvalue weighted by molar-refractivity contribution is -0.125. The molecule has 3 rings (SSSR count). The van der Waals surface area contributed by atoms with Crippen LogP contribution in [0.5, 0.6) is 0 Å². The summed E-state index contributed by atoms with van der Waals surface area (Å²) < 4.78 is 6.55. The lowest BCUT2D eigenvalue weighted by atomic mass is 9.73. The Kier molecular flexibility index (Phi) is 6.68. The Labute approximate surface area is 170 Å². The van der Waals surface area contributed by atoms with Gasteiger partial charge >= 0.3 is 0 Å². The quantitative estimate of drug-likeness (QED) is 0.744. The van der Waals surface area contributed by atoms with E-state index in [2.05, 4.69) is 52.4 Å². The Morgan fingerprint density at radius 2 is 1.70 bits per heavy atom. The van der Waals surface area contributed by atoms with Gasteiger partial charge in [0.25, 0.3) is 0 Å². The molecule has 1 saturated heterocycles. The zero-order valence-corrected chi connectivity index (χ0v) is 17.6. The highest BCUT2D eigenvalue weighted by Gasteiger charge is 2.41. The van der Waals surface area contributed by atoms with E-state index in [0.717, 1.165) is 28.7 Å². The molecule has 0 spiro atoms. The molecule has 144 valence electrons. The highest BCUT2D eigenvalue weighted by molar-refractivity contribution is 9.10. The minimum Gasteiger partial charge on any atom is -0.381 e. The third kappa shape index (κ3) is 4.98. The largest absolute Gasteiger partial charge is 0.381 e. The number of nitrogens with zero attached hydrogens (tertiary/aromatic N) is 1. The van der Waals surface area contributed by atoms with Gasteiger partial charge in [-0.1, -0.05) is 40.2 Å². The number of carbonyl (C=O) groups excluding carboxylic acids is 1. The van der Waals surface area contributed by atoms with E-state index < -0.39 is 5.41 Å². The summed E-state index contributed by atoms with van der Waals surface area (Å²) in [5.41, 5.74) is 2.63. The van der Waals surface area contributed by atoms with Gasteiger partial charge in [-0.2, -0.15) is 0 Å². The fourth-order valence-electron chi connectivity index (χ4n) is 3.49. The van der Waals surface area contributed by atoms with Crippen LogP contribution in [0.1, 0.15) is 24.0 Å². The van der Waals surface area contributed by atoms with Crippen LogP contribution >= 0.6 is 15.9 Å². The van der Waals surface area contributed by atoms with Crippen LogP contribution in [-0.2, 0) is 21.4 Å². The molecule has 27 heavy (non-hydrogen) atoms. The Morgan fingerprint density at radius 1 is 1.07 bits per heavy atom. The van der Waals surface area contributed by atoms with Crippen molar-refractivity contribution in [3.8, 4) is 0 Å². The first kappa shape index (κ1) is 20.1. The number of anilines is 1. The normalized spacial score (nSPS) is 16.3. The monoisotopic (exact) mass is 430 g/mol. The van der Waals surface area contributed by atoms with Crippen molar-refractivity contribution in [3.05, 3.63) is 64.1 Å². The number of benzene rings is 2. The second-order valence-electron chi connectivity index (χ2n) is 7.41. The molecule has 2 aromatic carbocycles. The lowest BCUT2D eigenvalue weighted by Gasteiger charge is -2.36. The fraction of sp³-hybridized carbons (Fsp3) is 0.409. The van der Waals surface area contributed by atoms with Crippen LogP contribution in [-0.4, -0.2) is 44.7 Å². The van der Waals surface area contributed by atoms with E-state index in [-0.39, 0.29) is 5.91 Å². The van der Waals surface area contributed by atoms with Gasteiger partial charge in [0.1, 0.15) is 0 Å². The number of ether oxygens (including phenoxy) is 1. The molecule has 0 aromatic heterocycles. The molecule has 2 aromatic rings. The van der Waals surface area contributed by atoms with Crippen LogP contribution in [0.4, 0.5) is 5.69 Å². The average Bonchev–Trinajstić information content (AvgIpc) is 2.68. The van der Waals surface area contributed by atoms with Crippen molar-refractivity contribution in [1.82, 2.24) is 4.90 Å². The first-order chi connectivity index (χ1) is 13.0. The van der Waals surface area contributed by atoms with Crippen molar-refractivity contribution in [2.24, 2.45) is 0 Å². The molecule has 1 N–H and O–H groups in total. The summed E-state index contributed by atoms with van der Waals surface area (Å²) in [5, 5.41) is 3.14. The zero-order chi connectivity index (χ0) is 19.3. The Morgan fingerprint density at radius 3 is 2.30 bits per heavy atom. The minimum atomic E-state index is -0.539. The van der Waals surface area contributed by atoms with Crippen LogP contribution in [0.3, 0.4) is 0 Å². The summed E-state index contributed by atoms with van der Waals surface area (Å²) in [6.45, 7) is 2.22. The van der Waals surface area contributed by atoms with E-state index in [1.54, 1.807) is 0 Å². The highest BCUT2D eigenvalue weighted by atomic mass is 79.9. The topological polar surface area (TPSA) is 41.6 Å². The van der Waals surface area contributed by atoms with Crippen molar-refractivity contribution in [1.29, 1.82) is 0 Å². The molecule has 0 unspecified atom stereocenters. The van der Waals surface area contributed by atoms with E-state index in [9.17, 15) is 4.79 Å². The maximum atomic E-state index is 13.3. The standard InChI is InChI=1S/C22H27BrN2O2/c1-25(2)14-11-17-3-9-20(10-4-17)24-21(26)22(12-15-27-16-13-22)18-5-7-19(23)8-6-18/h3-10H,11-16H2,1-2H3,(H,24,26). The second-order valence-corrected chi connectivity index (χ2v) is 8.32. The van der Waals surface area contributed by atoms with Crippen LogP contribution in [0, 0.1) is 0 Å². The predicted molar refractivity (Wildman–Crippen MR) is 113 cm³/mol. The van der Waals surface area contributed by atoms with E-state index in [0.29, 0.717) is 26.1 Å². The maximum absolute atomic E-state index is 13.3. The number of carbonyl (C=O) groups is 1. The number of nitrogens with one attached hydrogen (secondary N) is 1. The second kappa shape index (κ2) is 9.00. The van der Waals surface area contributed by atoms with E-state index in [1.165, 1.54) is 5.56 Å². The van der Waals surface area contributed by atoms with Crippen molar-refractivity contribution in [2.75, 3.05) is 39.2 Å². The molecular formula is C22H27BrN2O2. The highest BCUT2D eigenvalue weighted by Crippen LogP contribution is 2.36. The summed E-state index contributed by atoms with van der Waals surface area (Å²) in [5.74, 6) is 0.0502. The van der Waals surface area contributed by atoms with Crippen molar-refractivity contribution in [3.63, 3.8) is 0 Å². The first-order valence-electron chi connectivity index (χ1n) is 9.38. The molecule has 1 aliphatic rings. The summed E-state index contributed by atoms with van der Waals surface area (Å²) in [6, 6.07) is 16.3. The molecule has 0 atom stereocenters. The van der Waals surface area contributed by atoms with Gasteiger partial charge in [0.05, 0.1) is 5.41 Å². The van der Waals surface area contributed by atoms with Gasteiger partial charge in [0.15, 0.2) is 0 Å². The van der Waals surface area contributed by atoms with Crippen LogP contribution < -0.4 is 5.32 Å². The summed E-state index contributed by atoms with van der Waals surface area (Å²) in [4.78, 5) is 15.5. The first-order valence-corrected chi connectivity index (χ1v) is 10.2. The molecule has 0 aliphatic carbocycles. The third-order valence-corrected chi connectivity index (χ3v) is 5.77. The van der Waals surface area contributed by atoms with Gasteiger partial charge in [0.2, 0.25) is 5.91 Å². The lowest BCUT2D eigenvalue weighted by Crippen LogP contribution is -2.44. The fourth-order valence-corrected chi connectivity index (χ4v) is 3.76. The maximum Gasteiger partial charge on any atom is 0.235 e. The SMILES string of the molecule is CN(C)CCc1ccc(NC(=O)C2(c3ccc(Br)cc3)CCOCC2)cc1. The van der Waals surface area contributed by atoms with E-state index in [1.807, 2.05) is 36.4 Å². The predicted octanol–water partition coefficient (Wildman–Crippen LogP) is 4.24. The Hall–Kier alpha value is -1.69. The molecule has 1 amide bonds. The van der Waals surface area contributed by atoms with Crippen LogP contribution in [0.25, 0.3) is 0 Å². The number of hydrogen-bond donors (Lipinski definition) is 1. The minimum absolute atomic E-state index is 0.0502. The number of rotatable bonds is 6. The van der Waals surface area contributed by atoms with Gasteiger partial charge in [0, 0.05) is 29.9 Å². The Balaban J connectivity index is 1.76. The average molecular weight is 431 g/mol. The van der Waals surface area contributed by atoms with Gasteiger partial charge in [-0.15, -0.1) is 0 Å². The molecule has 1 heterocycles. The van der Waals surface area contributed by atoms with Crippen molar-refractivity contribution >= 4 is 27.5 Å². The molecule has 0 saturated carbocycles. The molecule has 4 nitrogen and oxygen atoms in total. The number of likely N-dealkylation sites (N-methyl/N-ethyl adjacent to an activating group) is 1. The smallest absolute Gasteiger partial charge is 0.235 e.